The van der Waals surface area contributed by atoms with E-state index in [1.807, 2.05) is 0 Å². The second kappa shape index (κ2) is 6.46. The van der Waals surface area contributed by atoms with Gasteiger partial charge in [0.1, 0.15) is 0 Å². The Labute approximate surface area is 120 Å². The molecule has 0 spiro atoms. The van der Waals surface area contributed by atoms with Gasteiger partial charge >= 0.3 is 12.1 Å². The van der Waals surface area contributed by atoms with Crippen molar-refractivity contribution in [3.63, 3.8) is 0 Å². The van der Waals surface area contributed by atoms with Crippen molar-refractivity contribution < 1.29 is 31.1 Å². The summed E-state index contributed by atoms with van der Waals surface area (Å²) in [6, 6.07) is 3.04. The first-order valence-corrected chi connectivity index (χ1v) is 7.77. The van der Waals surface area contributed by atoms with Crippen molar-refractivity contribution in [3.8, 4) is 0 Å². The van der Waals surface area contributed by atoms with E-state index < -0.39 is 32.8 Å². The minimum absolute atomic E-state index is 0.0256. The molecule has 0 fully saturated rings. The summed E-state index contributed by atoms with van der Waals surface area (Å²) in [4.78, 5) is 11.3. The highest BCUT2D eigenvalue weighted by Crippen LogP contribution is 2.30. The van der Waals surface area contributed by atoms with Gasteiger partial charge in [-0.25, -0.2) is 8.42 Å². The molecule has 0 aliphatic carbocycles. The Kier molecular flexibility index (Phi) is 5.38. The largest absolute Gasteiger partial charge is 0.465 e. The number of ether oxygens (including phenoxy) is 1. The summed E-state index contributed by atoms with van der Waals surface area (Å²) in [5, 5.41) is -1.42. The molecule has 1 rings (SSSR count). The van der Waals surface area contributed by atoms with Crippen molar-refractivity contribution in [2.75, 3.05) is 6.61 Å². The molecule has 21 heavy (non-hydrogen) atoms. The van der Waals surface area contributed by atoms with E-state index in [0.717, 1.165) is 12.1 Å². The third-order valence-electron chi connectivity index (χ3n) is 2.81. The van der Waals surface area contributed by atoms with Crippen LogP contribution in [0.25, 0.3) is 0 Å². The number of carbonyl (C=O) groups is 1. The Balaban J connectivity index is 3.15. The van der Waals surface area contributed by atoms with Crippen LogP contribution in [0.3, 0.4) is 0 Å². The summed E-state index contributed by atoms with van der Waals surface area (Å²) >= 11 is 0. The maximum atomic E-state index is 12.4. The van der Waals surface area contributed by atoms with E-state index in [0.29, 0.717) is 12.1 Å². The third kappa shape index (κ3) is 3.96. The third-order valence-corrected chi connectivity index (χ3v) is 5.01. The predicted molar refractivity (Wildman–Crippen MR) is 69.3 cm³/mol. The molecule has 0 aromatic heterocycles. The Morgan fingerprint density at radius 1 is 1.19 bits per heavy atom. The minimum Gasteiger partial charge on any atom is -0.465 e. The fourth-order valence-corrected chi connectivity index (χ4v) is 3.35. The van der Waals surface area contributed by atoms with Gasteiger partial charge in [0.05, 0.1) is 17.1 Å². The van der Waals surface area contributed by atoms with Crippen molar-refractivity contribution in [2.24, 2.45) is 0 Å². The number of benzene rings is 1. The molecule has 0 aliphatic rings. The van der Waals surface area contributed by atoms with E-state index in [1.165, 1.54) is 13.8 Å². The lowest BCUT2D eigenvalue weighted by Gasteiger charge is -2.15. The molecule has 0 bridgehead atoms. The second-order valence-electron chi connectivity index (χ2n) is 4.22. The van der Waals surface area contributed by atoms with Crippen LogP contribution in [-0.4, -0.2) is 26.2 Å². The number of alkyl halides is 3. The highest BCUT2D eigenvalue weighted by molar-refractivity contribution is 7.92. The summed E-state index contributed by atoms with van der Waals surface area (Å²) in [7, 11) is -4.08. The van der Waals surface area contributed by atoms with Gasteiger partial charge in [-0.05, 0) is 37.6 Å². The van der Waals surface area contributed by atoms with Crippen molar-refractivity contribution >= 4 is 15.8 Å². The molecule has 8 heteroatoms. The summed E-state index contributed by atoms with van der Waals surface area (Å²) < 4.78 is 66.5. The van der Waals surface area contributed by atoms with Crippen molar-refractivity contribution in [1.29, 1.82) is 0 Å². The maximum absolute atomic E-state index is 12.4. The molecule has 0 N–H and O–H groups in total. The molecule has 1 aromatic carbocycles. The fraction of sp³-hybridized carbons (Fsp3) is 0.462. The van der Waals surface area contributed by atoms with Crippen LogP contribution < -0.4 is 0 Å². The number of esters is 1. The fourth-order valence-electron chi connectivity index (χ4n) is 1.75. The van der Waals surface area contributed by atoms with Gasteiger partial charge in [-0.15, -0.1) is 0 Å². The van der Waals surface area contributed by atoms with Crippen molar-refractivity contribution in [1.82, 2.24) is 0 Å². The van der Waals surface area contributed by atoms with E-state index in [2.05, 4.69) is 4.74 Å². The van der Waals surface area contributed by atoms with Crippen LogP contribution >= 0.6 is 0 Å². The molecular formula is C13H15F3O4S. The smallest absolute Gasteiger partial charge is 0.416 e. The minimum atomic E-state index is -4.55. The van der Waals surface area contributed by atoms with Gasteiger partial charge in [-0.3, -0.25) is 4.79 Å². The van der Waals surface area contributed by atoms with Crippen LogP contribution in [0.1, 0.15) is 25.8 Å². The van der Waals surface area contributed by atoms with Gasteiger partial charge in [-0.1, -0.05) is 6.92 Å². The highest BCUT2D eigenvalue weighted by Gasteiger charge is 2.35. The molecule has 0 saturated heterocycles. The molecule has 4 nitrogen and oxygen atoms in total. The molecule has 1 unspecified atom stereocenters. The number of halogens is 3. The van der Waals surface area contributed by atoms with Gasteiger partial charge in [0.25, 0.3) is 0 Å². The lowest BCUT2D eigenvalue weighted by molar-refractivity contribution is -0.142. The lowest BCUT2D eigenvalue weighted by Crippen LogP contribution is -2.31. The summed E-state index contributed by atoms with van der Waals surface area (Å²) in [5.41, 5.74) is -0.953. The summed E-state index contributed by atoms with van der Waals surface area (Å²) in [6.45, 7) is 3.05. The Hall–Kier alpha value is -1.57. The quantitative estimate of drug-likeness (QED) is 0.782. The molecule has 1 aromatic rings. The molecule has 0 radical (unpaired) electrons. The monoisotopic (exact) mass is 324 g/mol. The standard InChI is InChI=1S/C13H15F3O4S/c1-3-11(12(17)20-4-2)21(18,19)10-7-5-9(6-8-10)13(14,15)16/h5-8,11H,3-4H2,1-2H3. The van der Waals surface area contributed by atoms with Crippen LogP contribution in [-0.2, 0) is 25.5 Å². The topological polar surface area (TPSA) is 60.4 Å². The lowest BCUT2D eigenvalue weighted by atomic mass is 10.2. The molecule has 0 amide bonds. The van der Waals surface area contributed by atoms with Crippen molar-refractivity contribution in [2.45, 2.75) is 36.6 Å². The van der Waals surface area contributed by atoms with Crippen LogP contribution in [0.5, 0.6) is 0 Å². The first kappa shape index (κ1) is 17.5. The van der Waals surface area contributed by atoms with Gasteiger partial charge in [-0.2, -0.15) is 13.2 Å². The van der Waals surface area contributed by atoms with Gasteiger partial charge in [0.2, 0.25) is 0 Å². The average Bonchev–Trinajstić information content (AvgIpc) is 2.38. The van der Waals surface area contributed by atoms with Crippen LogP contribution in [0.4, 0.5) is 13.2 Å². The molecule has 0 aliphatic heterocycles. The zero-order valence-corrected chi connectivity index (χ0v) is 12.3. The SMILES string of the molecule is CCOC(=O)C(CC)S(=O)(=O)c1ccc(C(F)(F)F)cc1. The zero-order valence-electron chi connectivity index (χ0n) is 11.5. The maximum Gasteiger partial charge on any atom is 0.416 e. The highest BCUT2D eigenvalue weighted by atomic mass is 32.2. The van der Waals surface area contributed by atoms with E-state index in [1.54, 1.807) is 0 Å². The van der Waals surface area contributed by atoms with Crippen LogP contribution in [0.15, 0.2) is 29.2 Å². The molecule has 0 heterocycles. The van der Waals surface area contributed by atoms with Crippen molar-refractivity contribution in [3.05, 3.63) is 29.8 Å². The Bertz CT molecular complexity index is 591. The van der Waals surface area contributed by atoms with E-state index >= 15 is 0 Å². The molecular weight excluding hydrogens is 309 g/mol. The summed E-state index contributed by atoms with van der Waals surface area (Å²) in [6.07, 6.45) is -4.57. The van der Waals surface area contributed by atoms with Crippen LogP contribution in [0.2, 0.25) is 0 Å². The normalized spacial score (nSPS) is 13.8. The number of hydrogen-bond donors (Lipinski definition) is 0. The number of sulfone groups is 1. The first-order valence-electron chi connectivity index (χ1n) is 6.22. The number of carbonyl (C=O) groups excluding carboxylic acids is 1. The van der Waals surface area contributed by atoms with Gasteiger partial charge < -0.3 is 4.74 Å². The van der Waals surface area contributed by atoms with E-state index in [9.17, 15) is 26.4 Å². The molecule has 1 atom stereocenters. The molecule has 118 valence electrons. The van der Waals surface area contributed by atoms with Gasteiger partial charge in [0, 0.05) is 0 Å². The van der Waals surface area contributed by atoms with E-state index in [4.69, 9.17) is 0 Å². The van der Waals surface area contributed by atoms with Crippen LogP contribution in [0, 0.1) is 0 Å². The van der Waals surface area contributed by atoms with Gasteiger partial charge in [0.15, 0.2) is 15.1 Å². The second-order valence-corrected chi connectivity index (χ2v) is 6.35. The first-order chi connectivity index (χ1) is 9.64. The Morgan fingerprint density at radius 2 is 1.71 bits per heavy atom. The Morgan fingerprint density at radius 3 is 2.10 bits per heavy atom. The molecule has 0 saturated carbocycles. The zero-order chi connectivity index (χ0) is 16.3. The number of hydrogen-bond acceptors (Lipinski definition) is 4. The van der Waals surface area contributed by atoms with E-state index in [-0.39, 0.29) is 17.9 Å². The predicted octanol–water partition coefficient (Wildman–Crippen LogP) is 2.82. The summed E-state index contributed by atoms with van der Waals surface area (Å²) in [5.74, 6) is -0.903. The number of rotatable bonds is 5. The average molecular weight is 324 g/mol.